The molecule has 1 rings (SSSR count). The van der Waals surface area contributed by atoms with E-state index in [0.717, 1.165) is 5.56 Å². The molecule has 0 amide bonds. The van der Waals surface area contributed by atoms with Gasteiger partial charge in [-0.2, -0.15) is 5.26 Å². The topological polar surface area (TPSA) is 23.8 Å². The molecule has 62 valence electrons. The molecule has 0 aliphatic rings. The van der Waals surface area contributed by atoms with Crippen molar-refractivity contribution in [3.05, 3.63) is 33.8 Å². The third-order valence-electron chi connectivity index (χ3n) is 1.51. The van der Waals surface area contributed by atoms with E-state index in [-0.39, 0.29) is 0 Å². The van der Waals surface area contributed by atoms with Gasteiger partial charge in [0.1, 0.15) is 0 Å². The Morgan fingerprint density at radius 3 is 2.75 bits per heavy atom. The summed E-state index contributed by atoms with van der Waals surface area (Å²) in [6.45, 7) is 0. The monoisotopic (exact) mass is 199 g/mol. The number of nitrogens with zero attached hydrogens (tertiary/aromatic N) is 1. The van der Waals surface area contributed by atoms with Crippen molar-refractivity contribution in [3.8, 4) is 6.07 Å². The highest BCUT2D eigenvalue weighted by Crippen LogP contribution is 2.21. The molecule has 0 N–H and O–H groups in total. The van der Waals surface area contributed by atoms with Crippen molar-refractivity contribution in [2.45, 2.75) is 12.8 Å². The lowest BCUT2D eigenvalue weighted by molar-refractivity contribution is 1.01. The van der Waals surface area contributed by atoms with Crippen LogP contribution in [-0.2, 0) is 6.42 Å². The Hall–Kier alpha value is -0.710. The zero-order chi connectivity index (χ0) is 8.97. The van der Waals surface area contributed by atoms with Gasteiger partial charge in [0.05, 0.1) is 6.07 Å². The molecule has 0 aliphatic carbocycles. The van der Waals surface area contributed by atoms with Gasteiger partial charge >= 0.3 is 0 Å². The summed E-state index contributed by atoms with van der Waals surface area (Å²) < 4.78 is 0. The molecule has 0 saturated carbocycles. The molecular weight excluding hydrogens is 193 g/mol. The first-order chi connectivity index (χ1) is 5.74. The zero-order valence-electron chi connectivity index (χ0n) is 6.35. The minimum atomic E-state index is 0.472. The van der Waals surface area contributed by atoms with Crippen molar-refractivity contribution < 1.29 is 0 Å². The van der Waals surface area contributed by atoms with Gasteiger partial charge in [-0.15, -0.1) is 0 Å². The van der Waals surface area contributed by atoms with Crippen LogP contribution in [0, 0.1) is 11.3 Å². The molecule has 1 aromatic carbocycles. The average molecular weight is 200 g/mol. The maximum atomic E-state index is 8.36. The van der Waals surface area contributed by atoms with Crippen molar-refractivity contribution >= 4 is 23.2 Å². The fraction of sp³-hybridized carbons (Fsp3) is 0.222. The van der Waals surface area contributed by atoms with E-state index in [4.69, 9.17) is 28.5 Å². The number of hydrogen-bond donors (Lipinski definition) is 0. The number of nitriles is 1. The van der Waals surface area contributed by atoms with Crippen LogP contribution < -0.4 is 0 Å². The van der Waals surface area contributed by atoms with Crippen molar-refractivity contribution in [1.29, 1.82) is 5.26 Å². The highest BCUT2D eigenvalue weighted by molar-refractivity contribution is 6.33. The number of aryl methyl sites for hydroxylation is 1. The lowest BCUT2D eigenvalue weighted by Crippen LogP contribution is -1.84. The first-order valence-corrected chi connectivity index (χ1v) is 4.30. The van der Waals surface area contributed by atoms with Gasteiger partial charge in [0, 0.05) is 16.5 Å². The van der Waals surface area contributed by atoms with Crippen molar-refractivity contribution in [3.63, 3.8) is 0 Å². The van der Waals surface area contributed by atoms with Crippen LogP contribution in [0.25, 0.3) is 0 Å². The van der Waals surface area contributed by atoms with Gasteiger partial charge in [-0.05, 0) is 30.2 Å². The molecule has 0 aliphatic heterocycles. The van der Waals surface area contributed by atoms with Crippen LogP contribution in [0.1, 0.15) is 12.0 Å². The summed E-state index contributed by atoms with van der Waals surface area (Å²) in [5, 5.41) is 9.70. The SMILES string of the molecule is N#CCCc1cc(Cl)ccc1Cl. The first kappa shape index (κ1) is 9.38. The van der Waals surface area contributed by atoms with E-state index in [1.165, 1.54) is 0 Å². The van der Waals surface area contributed by atoms with Crippen LogP contribution in [0.5, 0.6) is 0 Å². The molecule has 0 bridgehead atoms. The number of hydrogen-bond acceptors (Lipinski definition) is 1. The lowest BCUT2D eigenvalue weighted by atomic mass is 10.1. The summed E-state index contributed by atoms with van der Waals surface area (Å²) in [5.41, 5.74) is 0.936. The highest BCUT2D eigenvalue weighted by atomic mass is 35.5. The van der Waals surface area contributed by atoms with Gasteiger partial charge in [0.25, 0.3) is 0 Å². The maximum absolute atomic E-state index is 8.36. The second-order valence-electron chi connectivity index (χ2n) is 2.39. The Kier molecular flexibility index (Phi) is 3.40. The highest BCUT2D eigenvalue weighted by Gasteiger charge is 1.99. The molecule has 3 heteroatoms. The summed E-state index contributed by atoms with van der Waals surface area (Å²) in [4.78, 5) is 0. The number of halogens is 2. The normalized spacial score (nSPS) is 9.42. The molecule has 0 radical (unpaired) electrons. The standard InChI is InChI=1S/C9H7Cl2N/c10-8-3-4-9(11)7(6-8)2-1-5-12/h3-4,6H,1-2H2. The second-order valence-corrected chi connectivity index (χ2v) is 3.24. The maximum Gasteiger partial charge on any atom is 0.0625 e. The largest absolute Gasteiger partial charge is 0.198 e. The van der Waals surface area contributed by atoms with E-state index in [0.29, 0.717) is 22.9 Å². The quantitative estimate of drug-likeness (QED) is 0.717. The molecule has 0 aromatic heterocycles. The predicted octanol–water partition coefficient (Wildman–Crippen LogP) is 3.45. The Morgan fingerprint density at radius 2 is 2.08 bits per heavy atom. The average Bonchev–Trinajstić information content (AvgIpc) is 2.07. The van der Waals surface area contributed by atoms with Gasteiger partial charge in [-0.1, -0.05) is 23.2 Å². The Labute approximate surface area is 81.5 Å². The summed E-state index contributed by atoms with van der Waals surface area (Å²) >= 11 is 11.6. The third kappa shape index (κ3) is 2.41. The fourth-order valence-electron chi connectivity index (χ4n) is 0.925. The van der Waals surface area contributed by atoms with Gasteiger partial charge in [0.15, 0.2) is 0 Å². The minimum absolute atomic E-state index is 0.472. The van der Waals surface area contributed by atoms with Crippen LogP contribution in [0.2, 0.25) is 10.0 Å². The van der Waals surface area contributed by atoms with Gasteiger partial charge in [0.2, 0.25) is 0 Å². The molecule has 0 saturated heterocycles. The summed E-state index contributed by atoms with van der Waals surface area (Å²) in [7, 11) is 0. The Bertz CT molecular complexity index is 315. The lowest BCUT2D eigenvalue weighted by Gasteiger charge is -2.00. The third-order valence-corrected chi connectivity index (χ3v) is 2.12. The molecule has 1 nitrogen and oxygen atoms in total. The predicted molar refractivity (Wildman–Crippen MR) is 50.4 cm³/mol. The van der Waals surface area contributed by atoms with Gasteiger partial charge in [-0.25, -0.2) is 0 Å². The van der Waals surface area contributed by atoms with E-state index >= 15 is 0 Å². The van der Waals surface area contributed by atoms with Crippen LogP contribution >= 0.6 is 23.2 Å². The second kappa shape index (κ2) is 4.35. The van der Waals surface area contributed by atoms with Crippen molar-refractivity contribution in [1.82, 2.24) is 0 Å². The smallest absolute Gasteiger partial charge is 0.0625 e. The fourth-order valence-corrected chi connectivity index (χ4v) is 1.33. The van der Waals surface area contributed by atoms with E-state index < -0.39 is 0 Å². The zero-order valence-corrected chi connectivity index (χ0v) is 7.86. The molecule has 0 spiro atoms. The molecule has 0 atom stereocenters. The van der Waals surface area contributed by atoms with Gasteiger partial charge < -0.3 is 0 Å². The van der Waals surface area contributed by atoms with Gasteiger partial charge in [-0.3, -0.25) is 0 Å². The van der Waals surface area contributed by atoms with Crippen molar-refractivity contribution in [2.24, 2.45) is 0 Å². The van der Waals surface area contributed by atoms with E-state index in [9.17, 15) is 0 Å². The van der Waals surface area contributed by atoms with E-state index in [1.54, 1.807) is 18.2 Å². The number of benzene rings is 1. The van der Waals surface area contributed by atoms with Crippen LogP contribution in [-0.4, -0.2) is 0 Å². The van der Waals surface area contributed by atoms with Crippen LogP contribution in [0.3, 0.4) is 0 Å². The molecule has 0 heterocycles. The molecule has 12 heavy (non-hydrogen) atoms. The minimum Gasteiger partial charge on any atom is -0.198 e. The van der Waals surface area contributed by atoms with E-state index in [2.05, 4.69) is 6.07 Å². The van der Waals surface area contributed by atoms with Crippen LogP contribution in [0.4, 0.5) is 0 Å². The molecular formula is C9H7Cl2N. The number of rotatable bonds is 2. The summed E-state index contributed by atoms with van der Waals surface area (Å²) in [5.74, 6) is 0. The summed E-state index contributed by atoms with van der Waals surface area (Å²) in [6, 6.07) is 7.34. The van der Waals surface area contributed by atoms with Crippen molar-refractivity contribution in [2.75, 3.05) is 0 Å². The molecule has 0 unspecified atom stereocenters. The Morgan fingerprint density at radius 1 is 1.33 bits per heavy atom. The summed E-state index contributed by atoms with van der Waals surface area (Å²) in [6.07, 6.45) is 1.13. The Balaban J connectivity index is 2.84. The molecule has 1 aromatic rings. The first-order valence-electron chi connectivity index (χ1n) is 3.55. The van der Waals surface area contributed by atoms with E-state index in [1.807, 2.05) is 0 Å². The molecule has 0 fully saturated rings. The van der Waals surface area contributed by atoms with Crippen LogP contribution in [0.15, 0.2) is 18.2 Å².